The summed E-state index contributed by atoms with van der Waals surface area (Å²) in [5, 5.41) is 5.93. The fourth-order valence-electron chi connectivity index (χ4n) is 4.76. The van der Waals surface area contributed by atoms with E-state index in [-0.39, 0.29) is 11.8 Å². The van der Waals surface area contributed by atoms with Crippen molar-refractivity contribution in [1.29, 1.82) is 0 Å². The molecule has 9 heteroatoms. The first-order chi connectivity index (χ1) is 15.0. The lowest BCUT2D eigenvalue weighted by atomic mass is 10.1. The molecule has 4 N–H and O–H groups in total. The molecule has 9 nitrogen and oxygen atoms in total. The van der Waals surface area contributed by atoms with Crippen LogP contribution in [0.15, 0.2) is 35.3 Å². The summed E-state index contributed by atoms with van der Waals surface area (Å²) in [6.07, 6.45) is 1.66. The van der Waals surface area contributed by atoms with Gasteiger partial charge < -0.3 is 16.0 Å². The smallest absolute Gasteiger partial charge is 0.327 e. The van der Waals surface area contributed by atoms with Crippen molar-refractivity contribution in [3.05, 3.63) is 52.1 Å². The number of piperidine rings is 1. The van der Waals surface area contributed by atoms with Crippen LogP contribution in [0.4, 0.5) is 10.6 Å². The monoisotopic (exact) mass is 423 g/mol. The minimum absolute atomic E-state index is 0.230. The average molecular weight is 424 g/mol. The van der Waals surface area contributed by atoms with Crippen molar-refractivity contribution < 1.29 is 4.79 Å². The van der Waals surface area contributed by atoms with Gasteiger partial charge in [0.15, 0.2) is 0 Å². The Labute approximate surface area is 181 Å². The van der Waals surface area contributed by atoms with E-state index in [0.717, 1.165) is 44.0 Å². The highest BCUT2D eigenvalue weighted by atomic mass is 16.2. The maximum atomic E-state index is 12.6. The number of likely N-dealkylation sites (tertiary alicyclic amines) is 1. The molecule has 2 aromatic rings. The molecule has 2 aliphatic heterocycles. The highest BCUT2D eigenvalue weighted by Gasteiger charge is 2.53. The summed E-state index contributed by atoms with van der Waals surface area (Å²) in [5.74, 6) is 1.62. The highest BCUT2D eigenvalue weighted by molar-refractivity contribution is 5.88. The fraction of sp³-hybridized carbons (Fsp3) is 0.500. The Bertz CT molecular complexity index is 1030. The van der Waals surface area contributed by atoms with E-state index in [1.165, 1.54) is 10.1 Å². The van der Waals surface area contributed by atoms with Crippen LogP contribution < -0.4 is 22.1 Å². The number of aromatic nitrogens is 2. The van der Waals surface area contributed by atoms with Gasteiger partial charge in [-0.25, -0.2) is 9.59 Å². The summed E-state index contributed by atoms with van der Waals surface area (Å²) in [6, 6.07) is 7.88. The number of rotatable bonds is 4. The van der Waals surface area contributed by atoms with Crippen LogP contribution in [-0.2, 0) is 6.54 Å². The second-order valence-corrected chi connectivity index (χ2v) is 8.84. The fourth-order valence-corrected chi connectivity index (χ4v) is 4.76. The molecule has 31 heavy (non-hydrogen) atoms. The van der Waals surface area contributed by atoms with E-state index in [4.69, 9.17) is 5.73 Å². The van der Waals surface area contributed by atoms with Gasteiger partial charge in [0, 0.05) is 58.1 Å². The van der Waals surface area contributed by atoms with Gasteiger partial charge in [-0.2, -0.15) is 4.98 Å². The maximum Gasteiger partial charge on any atom is 0.354 e. The first-order valence-electron chi connectivity index (χ1n) is 10.9. The molecule has 1 aromatic carbocycles. The molecule has 1 saturated carbocycles. The molecule has 1 aliphatic carbocycles. The van der Waals surface area contributed by atoms with E-state index in [9.17, 15) is 9.59 Å². The second-order valence-electron chi connectivity index (χ2n) is 8.84. The first-order valence-corrected chi connectivity index (χ1v) is 10.9. The van der Waals surface area contributed by atoms with Crippen molar-refractivity contribution in [3.8, 4) is 5.69 Å². The van der Waals surface area contributed by atoms with Crippen molar-refractivity contribution in [3.63, 3.8) is 0 Å². The summed E-state index contributed by atoms with van der Waals surface area (Å²) in [4.78, 5) is 33.2. The predicted molar refractivity (Wildman–Crippen MR) is 118 cm³/mol. The van der Waals surface area contributed by atoms with Gasteiger partial charge in [0.2, 0.25) is 0 Å². The number of hydrogen-bond donors (Lipinski definition) is 3. The molecule has 3 heterocycles. The molecule has 0 bridgehead atoms. The zero-order chi connectivity index (χ0) is 21.5. The Morgan fingerprint density at radius 3 is 2.65 bits per heavy atom. The van der Waals surface area contributed by atoms with Crippen LogP contribution in [0.25, 0.3) is 5.69 Å². The molecule has 0 spiro atoms. The van der Waals surface area contributed by atoms with Crippen LogP contribution in [0.2, 0.25) is 0 Å². The number of nitrogens with zero attached hydrogens (tertiary/aromatic N) is 4. The number of aryl methyl sites for hydroxylation is 1. The summed E-state index contributed by atoms with van der Waals surface area (Å²) < 4.78 is 1.50. The van der Waals surface area contributed by atoms with Crippen LogP contribution in [0, 0.1) is 18.8 Å². The Kier molecular flexibility index (Phi) is 5.25. The van der Waals surface area contributed by atoms with Gasteiger partial charge in [-0.05, 0) is 48.1 Å². The van der Waals surface area contributed by atoms with Crippen molar-refractivity contribution in [2.75, 3.05) is 44.6 Å². The molecule has 3 fully saturated rings. The van der Waals surface area contributed by atoms with E-state index < -0.39 is 5.69 Å². The number of carbonyl (C=O) groups excluding carboxylic acids is 1. The van der Waals surface area contributed by atoms with E-state index in [2.05, 4.69) is 33.5 Å². The van der Waals surface area contributed by atoms with Crippen LogP contribution in [0.5, 0.6) is 0 Å². The lowest BCUT2D eigenvalue weighted by Gasteiger charge is -2.27. The molecule has 2 amide bonds. The minimum Gasteiger partial charge on any atom is -0.327 e. The quantitative estimate of drug-likeness (QED) is 0.656. The molecular formula is C22H29N7O2. The standard InChI is InChI=1S/C22H29N7O2/c1-14-10-16(3-2-15(14)11-27-12-17-18(13-27)20(17)23)29-7-4-19(26-22(29)31)25-21(30)28-8-5-24-6-9-28/h2-4,7,10,17-18,20,24H,5-6,8-9,11-13,23H2,1H3,(H,25,26,30,31). The van der Waals surface area contributed by atoms with Gasteiger partial charge in [-0.15, -0.1) is 0 Å². The molecule has 1 aromatic heterocycles. The van der Waals surface area contributed by atoms with E-state index >= 15 is 0 Å². The third-order valence-corrected chi connectivity index (χ3v) is 6.78. The SMILES string of the molecule is Cc1cc(-n2ccc(NC(=O)N3CCNCC3)nc2=O)ccc1CN1CC2C(N)C2C1. The molecule has 5 rings (SSSR count). The number of benzene rings is 1. The Balaban J connectivity index is 1.26. The summed E-state index contributed by atoms with van der Waals surface area (Å²) in [6.45, 7) is 7.96. The van der Waals surface area contributed by atoms with Crippen LogP contribution in [-0.4, -0.2) is 70.7 Å². The average Bonchev–Trinajstić information content (AvgIpc) is 3.16. The molecular weight excluding hydrogens is 394 g/mol. The molecule has 164 valence electrons. The summed E-state index contributed by atoms with van der Waals surface area (Å²) in [7, 11) is 0. The summed E-state index contributed by atoms with van der Waals surface area (Å²) >= 11 is 0. The Morgan fingerprint density at radius 1 is 1.23 bits per heavy atom. The lowest BCUT2D eigenvalue weighted by Crippen LogP contribution is -2.48. The zero-order valence-electron chi connectivity index (χ0n) is 17.8. The van der Waals surface area contributed by atoms with Gasteiger partial charge >= 0.3 is 11.7 Å². The second kappa shape index (κ2) is 8.07. The normalized spacial score (nSPS) is 25.4. The molecule has 2 unspecified atom stereocenters. The first kappa shape index (κ1) is 20.2. The number of amides is 2. The van der Waals surface area contributed by atoms with Crippen LogP contribution >= 0.6 is 0 Å². The van der Waals surface area contributed by atoms with E-state index in [0.29, 0.717) is 31.0 Å². The lowest BCUT2D eigenvalue weighted by molar-refractivity contribution is 0.204. The largest absolute Gasteiger partial charge is 0.354 e. The molecule has 2 saturated heterocycles. The van der Waals surface area contributed by atoms with Gasteiger partial charge in [-0.1, -0.05) is 6.07 Å². The number of nitrogens with two attached hydrogens (primary N) is 1. The molecule has 3 aliphatic rings. The zero-order valence-corrected chi connectivity index (χ0v) is 17.8. The predicted octanol–water partition coefficient (Wildman–Crippen LogP) is 0.367. The van der Waals surface area contributed by atoms with Gasteiger partial charge in [0.1, 0.15) is 5.82 Å². The maximum absolute atomic E-state index is 12.6. The Hall–Kier alpha value is -2.75. The number of carbonyl (C=O) groups is 1. The van der Waals surface area contributed by atoms with E-state index in [1.54, 1.807) is 17.2 Å². The highest BCUT2D eigenvalue weighted by Crippen LogP contribution is 2.44. The number of fused-ring (bicyclic) bond motifs is 1. The van der Waals surface area contributed by atoms with Crippen molar-refractivity contribution >= 4 is 11.8 Å². The van der Waals surface area contributed by atoms with Crippen LogP contribution in [0.1, 0.15) is 11.1 Å². The number of hydrogen-bond acceptors (Lipinski definition) is 6. The number of urea groups is 1. The summed E-state index contributed by atoms with van der Waals surface area (Å²) in [5.41, 5.74) is 8.80. The molecule has 0 radical (unpaired) electrons. The van der Waals surface area contributed by atoms with Crippen molar-refractivity contribution in [2.45, 2.75) is 19.5 Å². The van der Waals surface area contributed by atoms with Gasteiger partial charge in [0.25, 0.3) is 0 Å². The van der Waals surface area contributed by atoms with Crippen molar-refractivity contribution in [1.82, 2.24) is 24.7 Å². The Morgan fingerprint density at radius 2 is 1.97 bits per heavy atom. The van der Waals surface area contributed by atoms with E-state index in [1.807, 2.05) is 12.1 Å². The number of anilines is 1. The van der Waals surface area contributed by atoms with Crippen molar-refractivity contribution in [2.24, 2.45) is 17.6 Å². The number of nitrogens with one attached hydrogen (secondary N) is 2. The number of piperazine rings is 1. The van der Waals surface area contributed by atoms with Crippen LogP contribution in [0.3, 0.4) is 0 Å². The third-order valence-electron chi connectivity index (χ3n) is 6.78. The molecule has 2 atom stereocenters. The van der Waals surface area contributed by atoms with Gasteiger partial charge in [0.05, 0.1) is 5.69 Å². The van der Waals surface area contributed by atoms with Gasteiger partial charge in [-0.3, -0.25) is 14.8 Å². The third kappa shape index (κ3) is 4.08. The topological polar surface area (TPSA) is 109 Å². The minimum atomic E-state index is -0.418.